The summed E-state index contributed by atoms with van der Waals surface area (Å²) in [5.74, 6) is -2.09. The number of carbonyl (C=O) groups excluding carboxylic acids is 2. The molecule has 0 aliphatic carbocycles. The summed E-state index contributed by atoms with van der Waals surface area (Å²) in [5.41, 5.74) is 0. The molecule has 10 atom stereocenters. The van der Waals surface area contributed by atoms with Crippen LogP contribution >= 0.6 is 0 Å². The highest BCUT2D eigenvalue weighted by atomic mass is 16.9. The molecule has 0 radical (unpaired) electrons. The number of nitrogens with one attached hydrogen (secondary N) is 2. The van der Waals surface area contributed by atoms with E-state index in [1.54, 1.807) is 28.1 Å². The highest BCUT2D eigenvalue weighted by Crippen LogP contribution is 2.41. The highest BCUT2D eigenvalue weighted by molar-refractivity contribution is 5.70. The van der Waals surface area contributed by atoms with E-state index in [2.05, 4.69) is 10.6 Å². The molecular weight excluding hydrogens is 616 g/mol. The van der Waals surface area contributed by atoms with E-state index in [1.807, 2.05) is 27.7 Å². The van der Waals surface area contributed by atoms with Crippen LogP contribution in [0.4, 0.5) is 0 Å². The first-order chi connectivity index (χ1) is 22.4. The van der Waals surface area contributed by atoms with E-state index >= 15 is 0 Å². The zero-order chi connectivity index (χ0) is 34.2. The Kier molecular flexibility index (Phi) is 14.2. The predicted octanol–water partition coefficient (Wildman–Crippen LogP) is 2.54. The molecule has 0 aromatic rings. The fourth-order valence-electron chi connectivity index (χ4n) is 6.96. The number of hydrogen-bond acceptors (Lipinski definition) is 14. The molecule has 2 N–H and O–H groups in total. The highest BCUT2D eigenvalue weighted by Gasteiger charge is 2.58. The van der Waals surface area contributed by atoms with Crippen LogP contribution in [0.2, 0.25) is 0 Å². The Bertz CT molecular complexity index is 923. The second kappa shape index (κ2) is 17.5. The Morgan fingerprint density at radius 1 is 0.638 bits per heavy atom. The quantitative estimate of drug-likeness (QED) is 0.144. The molecule has 4 aliphatic rings. The van der Waals surface area contributed by atoms with Crippen molar-refractivity contribution < 1.29 is 57.0 Å². The number of carbonyl (C=O) groups is 2. The van der Waals surface area contributed by atoms with Gasteiger partial charge in [0.05, 0.1) is 26.1 Å². The molecule has 4 aliphatic heterocycles. The number of fused-ring (bicyclic) bond motifs is 2. The van der Waals surface area contributed by atoms with Crippen LogP contribution in [0.25, 0.3) is 0 Å². The van der Waals surface area contributed by atoms with E-state index < -0.39 is 36.4 Å². The number of ether oxygens (including phenoxy) is 10. The average molecular weight is 675 g/mol. The van der Waals surface area contributed by atoms with E-state index in [0.29, 0.717) is 26.3 Å². The maximum Gasteiger partial charge on any atom is 0.307 e. The summed E-state index contributed by atoms with van der Waals surface area (Å²) in [6.45, 7) is 13.0. The minimum atomic E-state index is -0.754. The number of methoxy groups -OCH3 is 2. The van der Waals surface area contributed by atoms with Crippen molar-refractivity contribution in [3.05, 3.63) is 0 Å². The lowest BCUT2D eigenvalue weighted by molar-refractivity contribution is -0.220. The van der Waals surface area contributed by atoms with Crippen molar-refractivity contribution in [1.29, 1.82) is 0 Å². The van der Waals surface area contributed by atoms with Gasteiger partial charge in [0.25, 0.3) is 0 Å². The minimum absolute atomic E-state index is 0.159. The summed E-state index contributed by atoms with van der Waals surface area (Å²) in [6, 6.07) is -0.619. The first-order valence-corrected chi connectivity index (χ1v) is 17.3. The molecule has 4 saturated heterocycles. The second-order valence-corrected chi connectivity index (χ2v) is 13.4. The van der Waals surface area contributed by atoms with Crippen LogP contribution in [-0.2, 0) is 57.0 Å². The monoisotopic (exact) mass is 674 g/mol. The number of unbranched alkanes of at least 4 members (excludes halogenated alkanes) is 4. The number of esters is 2. The van der Waals surface area contributed by atoms with E-state index in [4.69, 9.17) is 47.4 Å². The van der Waals surface area contributed by atoms with Crippen LogP contribution in [0, 0.1) is 0 Å². The van der Waals surface area contributed by atoms with Gasteiger partial charge in [-0.1, -0.05) is 19.3 Å². The Morgan fingerprint density at radius 3 is 1.38 bits per heavy atom. The molecule has 2 unspecified atom stereocenters. The van der Waals surface area contributed by atoms with Crippen molar-refractivity contribution in [3.63, 3.8) is 0 Å². The summed E-state index contributed by atoms with van der Waals surface area (Å²) in [6.07, 6.45) is 1.81. The van der Waals surface area contributed by atoms with Crippen molar-refractivity contribution in [2.45, 2.75) is 159 Å². The summed E-state index contributed by atoms with van der Waals surface area (Å²) < 4.78 is 58.4. The lowest BCUT2D eigenvalue weighted by Crippen LogP contribution is -2.49. The maximum atomic E-state index is 12.4. The van der Waals surface area contributed by atoms with Gasteiger partial charge in [0.2, 0.25) is 0 Å². The van der Waals surface area contributed by atoms with E-state index in [1.165, 1.54) is 0 Å². The molecule has 0 aromatic heterocycles. The van der Waals surface area contributed by atoms with Gasteiger partial charge in [0.1, 0.15) is 36.6 Å². The second-order valence-electron chi connectivity index (χ2n) is 13.4. The van der Waals surface area contributed by atoms with Crippen molar-refractivity contribution in [2.24, 2.45) is 0 Å². The van der Waals surface area contributed by atoms with Crippen LogP contribution in [0.5, 0.6) is 0 Å². The summed E-state index contributed by atoms with van der Waals surface area (Å²) in [5, 5.41) is 7.03. The Labute approximate surface area is 279 Å². The van der Waals surface area contributed by atoms with Gasteiger partial charge >= 0.3 is 11.9 Å². The molecule has 272 valence electrons. The summed E-state index contributed by atoms with van der Waals surface area (Å²) in [7, 11) is 3.25. The van der Waals surface area contributed by atoms with Gasteiger partial charge in [-0.2, -0.15) is 0 Å². The van der Waals surface area contributed by atoms with Gasteiger partial charge in [0.15, 0.2) is 24.2 Å². The minimum Gasteiger partial charge on any atom is -0.466 e. The van der Waals surface area contributed by atoms with Gasteiger partial charge < -0.3 is 58.0 Å². The van der Waals surface area contributed by atoms with Crippen LogP contribution in [0.1, 0.15) is 86.5 Å². The van der Waals surface area contributed by atoms with Gasteiger partial charge in [-0.3, -0.25) is 9.59 Å². The van der Waals surface area contributed by atoms with Crippen LogP contribution in [0.15, 0.2) is 0 Å². The van der Waals surface area contributed by atoms with Crippen LogP contribution in [0.3, 0.4) is 0 Å². The fourth-order valence-corrected chi connectivity index (χ4v) is 6.96. The van der Waals surface area contributed by atoms with Gasteiger partial charge in [-0.25, -0.2) is 0 Å². The molecule has 0 spiro atoms. The molecule has 47 heavy (non-hydrogen) atoms. The standard InChI is InChI=1S/C33H58N2O12/c1-9-40-22(36)18-20(24-26(38-7)28-30(42-24)46-32(3,4)44-28)34-16-14-12-11-13-15-17-35-21(19-23(37)41-10-2)25-27(39-8)29-31(43-25)47-33(5,6)45-29/h20-21,24-31,34-35H,9-19H2,1-8H3/t20?,21?,24-,25+,26+,27-,28-,29+,30-,31+. The summed E-state index contributed by atoms with van der Waals surface area (Å²) >= 11 is 0. The third-order valence-electron chi connectivity index (χ3n) is 8.94. The third kappa shape index (κ3) is 10.3. The smallest absolute Gasteiger partial charge is 0.307 e. The summed E-state index contributed by atoms with van der Waals surface area (Å²) in [4.78, 5) is 24.9. The zero-order valence-electron chi connectivity index (χ0n) is 29.5. The zero-order valence-corrected chi connectivity index (χ0v) is 29.5. The number of hydrogen-bond donors (Lipinski definition) is 2. The molecule has 0 saturated carbocycles. The molecule has 4 fully saturated rings. The molecule has 4 rings (SSSR count). The molecular formula is C33H58N2O12. The van der Waals surface area contributed by atoms with Crippen molar-refractivity contribution >= 4 is 11.9 Å². The maximum absolute atomic E-state index is 12.4. The molecule has 0 aromatic carbocycles. The Balaban J connectivity index is 1.19. The fraction of sp³-hybridized carbons (Fsp3) is 0.939. The van der Waals surface area contributed by atoms with Gasteiger partial charge in [-0.15, -0.1) is 0 Å². The van der Waals surface area contributed by atoms with E-state index in [0.717, 1.165) is 32.1 Å². The molecule has 0 bridgehead atoms. The predicted molar refractivity (Wildman–Crippen MR) is 168 cm³/mol. The lowest BCUT2D eigenvalue weighted by atomic mass is 10.00. The Hall–Kier alpha value is -1.46. The van der Waals surface area contributed by atoms with E-state index in [-0.39, 0.29) is 61.3 Å². The lowest BCUT2D eigenvalue weighted by Gasteiger charge is -2.30. The average Bonchev–Trinajstić information content (AvgIpc) is 3.68. The third-order valence-corrected chi connectivity index (χ3v) is 8.94. The normalized spacial score (nSPS) is 33.4. The first kappa shape index (κ1) is 38.3. The van der Waals surface area contributed by atoms with E-state index in [9.17, 15) is 9.59 Å². The molecule has 14 heteroatoms. The van der Waals surface area contributed by atoms with Crippen LogP contribution in [-0.4, -0.2) is 125 Å². The largest absolute Gasteiger partial charge is 0.466 e. The molecule has 14 nitrogen and oxygen atoms in total. The molecule has 4 heterocycles. The van der Waals surface area contributed by atoms with Crippen molar-refractivity contribution in [2.75, 3.05) is 40.5 Å². The van der Waals surface area contributed by atoms with Crippen LogP contribution < -0.4 is 10.6 Å². The first-order valence-electron chi connectivity index (χ1n) is 17.3. The van der Waals surface area contributed by atoms with Gasteiger partial charge in [0, 0.05) is 26.3 Å². The topological polar surface area (TPSA) is 150 Å². The Morgan fingerprint density at radius 2 is 1.02 bits per heavy atom. The number of rotatable bonds is 20. The SMILES string of the molecule is CCOC(=O)CC(NCCCCCCCNC(CC(=O)OCC)[C@@H]1O[C@H]2OC(C)(C)O[C@H]2[C@@H]1OC)[C@H]1O[C@@H]2OC(C)(C)O[C@@H]2[C@H]1OC. The van der Waals surface area contributed by atoms with Crippen molar-refractivity contribution in [3.8, 4) is 0 Å². The molecule has 0 amide bonds. The van der Waals surface area contributed by atoms with Gasteiger partial charge in [-0.05, 0) is 67.5 Å². The van der Waals surface area contributed by atoms with Crippen molar-refractivity contribution in [1.82, 2.24) is 10.6 Å².